The van der Waals surface area contributed by atoms with Crippen molar-refractivity contribution in [1.29, 1.82) is 0 Å². The second-order valence-electron chi connectivity index (χ2n) is 9.72. The Balaban J connectivity index is 1.32. The molecule has 0 saturated carbocycles. The highest BCUT2D eigenvalue weighted by Crippen LogP contribution is 2.25. The number of nitrogens with two attached hydrogens (primary N) is 1. The summed E-state index contributed by atoms with van der Waals surface area (Å²) in [6.07, 6.45) is 5.96. The molecule has 1 atom stereocenters. The molecular weight excluding hydrogens is 464 g/mol. The minimum Gasteiger partial charge on any atom is -0.369 e. The number of nitrogens with one attached hydrogen (secondary N) is 1. The first-order valence-corrected chi connectivity index (χ1v) is 12.8. The monoisotopic (exact) mass is 498 g/mol. The minimum absolute atomic E-state index is 0.0478. The molecule has 8 nitrogen and oxygen atoms in total. The Morgan fingerprint density at radius 2 is 1.91 bits per heavy atom. The number of piperidine rings is 2. The Hall–Kier alpha value is -2.71. The smallest absolute Gasteiger partial charge is 0.272 e. The average molecular weight is 499 g/mol. The number of halogens is 1. The Labute approximate surface area is 212 Å². The van der Waals surface area contributed by atoms with Gasteiger partial charge < -0.3 is 16.0 Å². The van der Waals surface area contributed by atoms with Crippen molar-refractivity contribution in [2.24, 2.45) is 11.7 Å². The SMILES string of the molecule is Cc1cc(CCNc2ncnc(C(=O)N3CCC(N4CCC[C@H](C(N)=O)C4)CC3)c2C)ccc1Cl. The average Bonchev–Trinajstić information content (AvgIpc) is 2.87. The summed E-state index contributed by atoms with van der Waals surface area (Å²) >= 11 is 6.12. The second-order valence-corrected chi connectivity index (χ2v) is 10.1. The predicted molar refractivity (Wildman–Crippen MR) is 138 cm³/mol. The highest BCUT2D eigenvalue weighted by molar-refractivity contribution is 6.31. The van der Waals surface area contributed by atoms with Gasteiger partial charge in [0.15, 0.2) is 0 Å². The number of rotatable bonds is 7. The molecule has 1 aromatic heterocycles. The van der Waals surface area contributed by atoms with Gasteiger partial charge in [0.2, 0.25) is 5.91 Å². The molecule has 1 aromatic carbocycles. The molecule has 2 aliphatic heterocycles. The number of nitrogens with zero attached hydrogens (tertiary/aromatic N) is 4. The van der Waals surface area contributed by atoms with Gasteiger partial charge >= 0.3 is 0 Å². The molecule has 0 unspecified atom stereocenters. The first-order chi connectivity index (χ1) is 16.8. The lowest BCUT2D eigenvalue weighted by atomic mass is 9.93. The van der Waals surface area contributed by atoms with Crippen LogP contribution in [-0.2, 0) is 11.2 Å². The van der Waals surface area contributed by atoms with Crippen LogP contribution in [0.2, 0.25) is 5.02 Å². The van der Waals surface area contributed by atoms with Crippen LogP contribution in [0.4, 0.5) is 5.82 Å². The van der Waals surface area contributed by atoms with E-state index in [-0.39, 0.29) is 17.7 Å². The highest BCUT2D eigenvalue weighted by Gasteiger charge is 2.32. The first kappa shape index (κ1) is 25.4. The summed E-state index contributed by atoms with van der Waals surface area (Å²) in [5.74, 6) is 0.388. The van der Waals surface area contributed by atoms with Crippen LogP contribution in [0.1, 0.15) is 52.9 Å². The molecule has 2 aliphatic rings. The number of benzene rings is 1. The fraction of sp³-hybridized carbons (Fsp3) is 0.538. The van der Waals surface area contributed by atoms with Crippen molar-refractivity contribution in [2.75, 3.05) is 38.0 Å². The van der Waals surface area contributed by atoms with E-state index in [4.69, 9.17) is 17.3 Å². The van der Waals surface area contributed by atoms with Gasteiger partial charge in [0.1, 0.15) is 17.8 Å². The summed E-state index contributed by atoms with van der Waals surface area (Å²) < 4.78 is 0. The molecule has 4 rings (SSSR count). The van der Waals surface area contributed by atoms with Crippen LogP contribution < -0.4 is 11.1 Å². The number of amides is 2. The van der Waals surface area contributed by atoms with E-state index in [1.54, 1.807) is 0 Å². The van der Waals surface area contributed by atoms with Gasteiger partial charge in [-0.25, -0.2) is 9.97 Å². The summed E-state index contributed by atoms with van der Waals surface area (Å²) in [5.41, 5.74) is 9.02. The number of carbonyl (C=O) groups is 2. The van der Waals surface area contributed by atoms with Gasteiger partial charge in [0.25, 0.3) is 5.91 Å². The molecule has 35 heavy (non-hydrogen) atoms. The van der Waals surface area contributed by atoms with Crippen LogP contribution in [0.15, 0.2) is 24.5 Å². The molecular formula is C26H35ClN6O2. The number of likely N-dealkylation sites (tertiary alicyclic amines) is 2. The number of hydrogen-bond acceptors (Lipinski definition) is 6. The number of anilines is 1. The quantitative estimate of drug-likeness (QED) is 0.607. The van der Waals surface area contributed by atoms with Gasteiger partial charge in [-0.1, -0.05) is 23.7 Å². The Kier molecular flexibility index (Phi) is 8.23. The largest absolute Gasteiger partial charge is 0.369 e. The zero-order valence-corrected chi connectivity index (χ0v) is 21.4. The van der Waals surface area contributed by atoms with E-state index >= 15 is 0 Å². The number of carbonyl (C=O) groups excluding carboxylic acids is 2. The lowest BCUT2D eigenvalue weighted by Crippen LogP contribution is -2.51. The van der Waals surface area contributed by atoms with Crippen LogP contribution in [-0.4, -0.2) is 70.3 Å². The molecule has 2 saturated heterocycles. The van der Waals surface area contributed by atoms with Crippen LogP contribution in [0, 0.1) is 19.8 Å². The molecule has 2 amide bonds. The van der Waals surface area contributed by atoms with Crippen molar-refractivity contribution in [2.45, 2.75) is 52.0 Å². The third kappa shape index (κ3) is 6.11. The van der Waals surface area contributed by atoms with Crippen molar-refractivity contribution >= 4 is 29.2 Å². The summed E-state index contributed by atoms with van der Waals surface area (Å²) in [6.45, 7) is 7.69. The maximum Gasteiger partial charge on any atom is 0.272 e. The highest BCUT2D eigenvalue weighted by atomic mass is 35.5. The molecule has 0 aliphatic carbocycles. The van der Waals surface area contributed by atoms with Crippen molar-refractivity contribution in [3.8, 4) is 0 Å². The van der Waals surface area contributed by atoms with E-state index in [1.807, 2.05) is 30.9 Å². The van der Waals surface area contributed by atoms with Gasteiger partial charge in [-0.2, -0.15) is 0 Å². The van der Waals surface area contributed by atoms with Gasteiger partial charge in [0, 0.05) is 42.8 Å². The van der Waals surface area contributed by atoms with E-state index in [0.29, 0.717) is 37.2 Å². The van der Waals surface area contributed by atoms with Crippen LogP contribution >= 0.6 is 11.6 Å². The standard InChI is InChI=1S/C26H35ClN6O2/c1-17-14-19(5-6-22(17)27)7-10-29-25-18(2)23(30-16-31-25)26(35)32-12-8-21(9-13-32)33-11-3-4-20(15-33)24(28)34/h5-6,14,16,20-21H,3-4,7-13,15H2,1-2H3,(H2,28,34)(H,29,30,31)/t20-/m0/s1. The number of aromatic nitrogens is 2. The van der Waals surface area contributed by atoms with Crippen molar-refractivity contribution < 1.29 is 9.59 Å². The molecule has 9 heteroatoms. The molecule has 2 aromatic rings. The molecule has 2 fully saturated rings. The lowest BCUT2D eigenvalue weighted by molar-refractivity contribution is -0.123. The molecule has 0 radical (unpaired) electrons. The van der Waals surface area contributed by atoms with Crippen LogP contribution in [0.3, 0.4) is 0 Å². The van der Waals surface area contributed by atoms with Crippen molar-refractivity contribution in [1.82, 2.24) is 19.8 Å². The van der Waals surface area contributed by atoms with Gasteiger partial charge in [-0.3, -0.25) is 14.5 Å². The summed E-state index contributed by atoms with van der Waals surface area (Å²) in [5, 5.41) is 4.13. The second kappa shape index (κ2) is 11.4. The maximum absolute atomic E-state index is 13.3. The molecule has 188 valence electrons. The minimum atomic E-state index is -0.200. The van der Waals surface area contributed by atoms with Crippen molar-refractivity contribution in [3.05, 3.63) is 51.9 Å². The van der Waals surface area contributed by atoms with Gasteiger partial charge in [0.05, 0.1) is 5.92 Å². The van der Waals surface area contributed by atoms with E-state index in [0.717, 1.165) is 61.3 Å². The molecule has 3 heterocycles. The summed E-state index contributed by atoms with van der Waals surface area (Å²) in [6, 6.07) is 6.43. The summed E-state index contributed by atoms with van der Waals surface area (Å²) in [4.78, 5) is 37.9. The molecule has 0 spiro atoms. The van der Waals surface area contributed by atoms with E-state index in [2.05, 4.69) is 26.3 Å². The third-order valence-electron chi connectivity index (χ3n) is 7.34. The Morgan fingerprint density at radius 1 is 1.14 bits per heavy atom. The Morgan fingerprint density at radius 3 is 2.63 bits per heavy atom. The van der Waals surface area contributed by atoms with Crippen molar-refractivity contribution in [3.63, 3.8) is 0 Å². The summed E-state index contributed by atoms with van der Waals surface area (Å²) in [7, 11) is 0. The van der Waals surface area contributed by atoms with Gasteiger partial charge in [-0.15, -0.1) is 0 Å². The third-order valence-corrected chi connectivity index (χ3v) is 7.76. The Bertz CT molecular complexity index is 1070. The topological polar surface area (TPSA) is 104 Å². The maximum atomic E-state index is 13.3. The normalized spacial score (nSPS) is 19.5. The number of aryl methyl sites for hydroxylation is 1. The molecule has 0 bridgehead atoms. The number of hydrogen-bond donors (Lipinski definition) is 2. The predicted octanol–water partition coefficient (Wildman–Crippen LogP) is 3.20. The first-order valence-electron chi connectivity index (χ1n) is 12.5. The fourth-order valence-corrected chi connectivity index (χ4v) is 5.30. The van der Waals surface area contributed by atoms with E-state index in [1.165, 1.54) is 11.9 Å². The van der Waals surface area contributed by atoms with Crippen LogP contribution in [0.25, 0.3) is 0 Å². The fourth-order valence-electron chi connectivity index (χ4n) is 5.19. The zero-order valence-electron chi connectivity index (χ0n) is 20.6. The lowest BCUT2D eigenvalue weighted by Gasteiger charge is -2.41. The van der Waals surface area contributed by atoms with E-state index < -0.39 is 0 Å². The van der Waals surface area contributed by atoms with Crippen LogP contribution in [0.5, 0.6) is 0 Å². The molecule has 3 N–H and O–H groups in total. The van der Waals surface area contributed by atoms with E-state index in [9.17, 15) is 9.59 Å². The number of primary amides is 1. The zero-order chi connectivity index (χ0) is 24.9. The van der Waals surface area contributed by atoms with Gasteiger partial charge in [-0.05, 0) is 69.7 Å².